The molecule has 0 unspecified atom stereocenters. The van der Waals surface area contributed by atoms with Crippen molar-refractivity contribution < 1.29 is 24.5 Å². The Morgan fingerprint density at radius 1 is 1.50 bits per heavy atom. The van der Waals surface area contributed by atoms with Gasteiger partial charge in [-0.05, 0) is 23.3 Å². The molecule has 1 heterocycles. The molecule has 1 aliphatic heterocycles. The lowest BCUT2D eigenvalue weighted by atomic mass is 10.0. The minimum atomic E-state index is -1.14. The fourth-order valence-corrected chi connectivity index (χ4v) is 1.65. The molecule has 94 valence electrons. The Bertz CT molecular complexity index is 535. The van der Waals surface area contributed by atoms with E-state index >= 15 is 0 Å². The molecule has 0 saturated heterocycles. The van der Waals surface area contributed by atoms with E-state index in [1.807, 2.05) is 0 Å². The van der Waals surface area contributed by atoms with Gasteiger partial charge >= 0.3 is 5.97 Å². The molecule has 0 radical (unpaired) electrons. The maximum Gasteiger partial charge on any atom is 0.328 e. The van der Waals surface area contributed by atoms with Gasteiger partial charge in [0.25, 0.3) is 5.91 Å². The highest BCUT2D eigenvalue weighted by Gasteiger charge is 2.16. The number of nitrogens with one attached hydrogen (secondary N) is 1. The summed E-state index contributed by atoms with van der Waals surface area (Å²) < 4.78 is 5.17. The third kappa shape index (κ3) is 2.49. The summed E-state index contributed by atoms with van der Waals surface area (Å²) in [5.41, 5.74) is 1.24. The molecule has 1 aromatic carbocycles. The summed E-state index contributed by atoms with van der Waals surface area (Å²) >= 11 is 0. The number of carbonyl (C=O) groups excluding carboxylic acids is 1. The van der Waals surface area contributed by atoms with Gasteiger partial charge in [0, 0.05) is 6.08 Å². The first-order valence-corrected chi connectivity index (χ1v) is 5.21. The number of hydrogen-bond acceptors (Lipinski definition) is 4. The summed E-state index contributed by atoms with van der Waals surface area (Å²) in [5, 5.41) is 20.4. The number of carbonyl (C=O) groups is 2. The molecule has 6 nitrogen and oxygen atoms in total. The van der Waals surface area contributed by atoms with Crippen molar-refractivity contribution in [2.45, 2.75) is 0 Å². The Balaban J connectivity index is 2.38. The van der Waals surface area contributed by atoms with Gasteiger partial charge in [0.05, 0.1) is 12.3 Å². The van der Waals surface area contributed by atoms with Crippen LogP contribution in [0.25, 0.3) is 5.57 Å². The van der Waals surface area contributed by atoms with Crippen LogP contribution in [0.15, 0.2) is 24.3 Å². The summed E-state index contributed by atoms with van der Waals surface area (Å²) in [6, 6.07) is 4.81. The molecule has 0 spiro atoms. The van der Waals surface area contributed by atoms with Crippen LogP contribution in [0, 0.1) is 0 Å². The lowest BCUT2D eigenvalue weighted by Gasteiger charge is -2.18. The fraction of sp³-hybridized carbons (Fsp3) is 0.167. The van der Waals surface area contributed by atoms with Crippen LogP contribution in [0.2, 0.25) is 0 Å². The number of aliphatic carboxylic acids is 1. The zero-order chi connectivity index (χ0) is 13.1. The quantitative estimate of drug-likeness (QED) is 0.677. The molecule has 0 atom stereocenters. The number of carboxylic acids is 1. The van der Waals surface area contributed by atoms with E-state index in [9.17, 15) is 9.59 Å². The van der Waals surface area contributed by atoms with Gasteiger partial charge in [-0.15, -0.1) is 0 Å². The molecule has 0 aliphatic carbocycles. The second-order valence-electron chi connectivity index (χ2n) is 3.71. The summed E-state index contributed by atoms with van der Waals surface area (Å²) in [7, 11) is 0. The van der Waals surface area contributed by atoms with Gasteiger partial charge in [0.1, 0.15) is 5.75 Å². The Hall–Kier alpha value is -2.34. The minimum Gasteiger partial charge on any atom is -0.482 e. The molecular weight excluding hydrogens is 238 g/mol. The van der Waals surface area contributed by atoms with Crippen molar-refractivity contribution >= 4 is 23.1 Å². The van der Waals surface area contributed by atoms with Crippen molar-refractivity contribution in [3.05, 3.63) is 29.8 Å². The van der Waals surface area contributed by atoms with Crippen LogP contribution < -0.4 is 10.1 Å². The topological polar surface area (TPSA) is 95.9 Å². The van der Waals surface area contributed by atoms with E-state index in [0.717, 1.165) is 6.08 Å². The molecule has 2 rings (SSSR count). The molecule has 1 aromatic rings. The number of aliphatic hydroxyl groups is 1. The third-order valence-corrected chi connectivity index (χ3v) is 2.45. The van der Waals surface area contributed by atoms with Crippen molar-refractivity contribution in [3.8, 4) is 5.75 Å². The van der Waals surface area contributed by atoms with E-state index in [4.69, 9.17) is 14.9 Å². The van der Waals surface area contributed by atoms with Crippen LogP contribution in [-0.2, 0) is 9.59 Å². The van der Waals surface area contributed by atoms with Gasteiger partial charge in [0.15, 0.2) is 6.61 Å². The van der Waals surface area contributed by atoms with Gasteiger partial charge < -0.3 is 20.3 Å². The number of benzene rings is 1. The highest BCUT2D eigenvalue weighted by atomic mass is 16.5. The first-order valence-electron chi connectivity index (χ1n) is 5.21. The van der Waals surface area contributed by atoms with Gasteiger partial charge in [-0.25, -0.2) is 4.79 Å². The zero-order valence-corrected chi connectivity index (χ0v) is 9.34. The van der Waals surface area contributed by atoms with Gasteiger partial charge in [-0.3, -0.25) is 4.79 Å². The van der Waals surface area contributed by atoms with E-state index in [0.29, 0.717) is 17.0 Å². The minimum absolute atomic E-state index is 0.0375. The second-order valence-corrected chi connectivity index (χ2v) is 3.71. The van der Waals surface area contributed by atoms with E-state index in [2.05, 4.69) is 5.32 Å². The maximum absolute atomic E-state index is 11.2. The molecule has 1 amide bonds. The Morgan fingerprint density at radius 3 is 2.94 bits per heavy atom. The van der Waals surface area contributed by atoms with Gasteiger partial charge in [-0.2, -0.15) is 0 Å². The molecule has 6 heteroatoms. The van der Waals surface area contributed by atoms with E-state index in [1.54, 1.807) is 18.2 Å². The molecule has 0 aromatic heterocycles. The third-order valence-electron chi connectivity index (χ3n) is 2.45. The van der Waals surface area contributed by atoms with Crippen molar-refractivity contribution in [1.82, 2.24) is 0 Å². The SMILES string of the molecule is O=C(O)/C=C(\CO)c1ccc2c(c1)NC(=O)CO2. The largest absolute Gasteiger partial charge is 0.482 e. The second kappa shape index (κ2) is 4.89. The lowest BCUT2D eigenvalue weighted by Crippen LogP contribution is -2.25. The molecule has 0 saturated carbocycles. The highest BCUT2D eigenvalue weighted by Crippen LogP contribution is 2.30. The number of carboxylic acid groups (broad SMARTS) is 1. The number of hydrogen-bond donors (Lipinski definition) is 3. The van der Waals surface area contributed by atoms with Gasteiger partial charge in [0.2, 0.25) is 0 Å². The van der Waals surface area contributed by atoms with Crippen molar-refractivity contribution in [1.29, 1.82) is 0 Å². The number of aliphatic hydroxyl groups excluding tert-OH is 1. The Kier molecular flexibility index (Phi) is 3.29. The molecule has 0 bridgehead atoms. The number of amides is 1. The average Bonchev–Trinajstić information content (AvgIpc) is 2.34. The van der Waals surface area contributed by atoms with Crippen molar-refractivity contribution in [2.24, 2.45) is 0 Å². The number of ether oxygens (including phenoxy) is 1. The summed E-state index contributed by atoms with van der Waals surface area (Å²) in [5.74, 6) is -0.893. The normalized spacial score (nSPS) is 14.5. The summed E-state index contributed by atoms with van der Waals surface area (Å²) in [6.07, 6.45) is 0.924. The summed E-state index contributed by atoms with van der Waals surface area (Å²) in [6.45, 7) is -0.440. The predicted molar refractivity (Wildman–Crippen MR) is 63.3 cm³/mol. The average molecular weight is 249 g/mol. The van der Waals surface area contributed by atoms with E-state index < -0.39 is 12.6 Å². The first-order chi connectivity index (χ1) is 8.60. The zero-order valence-electron chi connectivity index (χ0n) is 9.34. The maximum atomic E-state index is 11.2. The lowest BCUT2D eigenvalue weighted by molar-refractivity contribution is -0.131. The summed E-state index contributed by atoms with van der Waals surface area (Å²) in [4.78, 5) is 21.8. The molecule has 0 fully saturated rings. The fourth-order valence-electron chi connectivity index (χ4n) is 1.65. The smallest absolute Gasteiger partial charge is 0.328 e. The van der Waals surface area contributed by atoms with Crippen LogP contribution >= 0.6 is 0 Å². The Labute approximate surface area is 103 Å². The first kappa shape index (κ1) is 12.1. The number of fused-ring (bicyclic) bond motifs is 1. The monoisotopic (exact) mass is 249 g/mol. The van der Waals surface area contributed by atoms with Crippen LogP contribution in [0.4, 0.5) is 5.69 Å². The Morgan fingerprint density at radius 2 is 2.28 bits per heavy atom. The van der Waals surface area contributed by atoms with Crippen molar-refractivity contribution in [3.63, 3.8) is 0 Å². The van der Waals surface area contributed by atoms with Crippen LogP contribution in [-0.4, -0.2) is 35.3 Å². The molecule has 1 aliphatic rings. The predicted octanol–water partition coefficient (Wildman–Crippen LogP) is 0.478. The molecular formula is C12H11NO5. The van der Waals surface area contributed by atoms with E-state index in [-0.39, 0.29) is 18.1 Å². The van der Waals surface area contributed by atoms with E-state index in [1.165, 1.54) is 0 Å². The number of rotatable bonds is 3. The van der Waals surface area contributed by atoms with Crippen molar-refractivity contribution in [2.75, 3.05) is 18.5 Å². The van der Waals surface area contributed by atoms with Gasteiger partial charge in [-0.1, -0.05) is 6.07 Å². The molecule has 18 heavy (non-hydrogen) atoms. The van der Waals surface area contributed by atoms with Crippen LogP contribution in [0.5, 0.6) is 5.75 Å². The molecule has 3 N–H and O–H groups in total. The standard InChI is InChI=1S/C12H11NO5/c14-5-8(4-12(16)17)7-1-2-10-9(3-7)13-11(15)6-18-10/h1-4,14H,5-6H2,(H,13,15)(H,16,17)/b8-4+. The van der Waals surface area contributed by atoms with Crippen LogP contribution in [0.1, 0.15) is 5.56 Å². The number of anilines is 1. The highest BCUT2D eigenvalue weighted by molar-refractivity contribution is 5.96. The van der Waals surface area contributed by atoms with Crippen LogP contribution in [0.3, 0.4) is 0 Å².